The molecule has 2 N–H and O–H groups in total. The van der Waals surface area contributed by atoms with Crippen LogP contribution in [0.25, 0.3) is 0 Å². The molecule has 0 radical (unpaired) electrons. The van der Waals surface area contributed by atoms with Gasteiger partial charge in [0.25, 0.3) is 0 Å². The van der Waals surface area contributed by atoms with Gasteiger partial charge in [0.1, 0.15) is 24.5 Å². The molecule has 0 spiro atoms. The SMILES string of the molecule is O=C(N[C@@H](COc1cc2c(cc1C(=O)O)OCO2)Cc1ccccc1)OCc1ccccc1. The number of nitrogens with one attached hydrogen (secondary N) is 1. The molecule has 0 unspecified atom stereocenters. The van der Waals surface area contributed by atoms with Gasteiger partial charge in [0.15, 0.2) is 11.5 Å². The number of carbonyl (C=O) groups is 2. The fourth-order valence-corrected chi connectivity index (χ4v) is 3.38. The summed E-state index contributed by atoms with van der Waals surface area (Å²) in [6.45, 7) is 0.176. The van der Waals surface area contributed by atoms with Gasteiger partial charge >= 0.3 is 12.1 Å². The minimum Gasteiger partial charge on any atom is -0.490 e. The Hall–Kier alpha value is -4.20. The molecule has 1 heterocycles. The largest absolute Gasteiger partial charge is 0.490 e. The average molecular weight is 449 g/mol. The highest BCUT2D eigenvalue weighted by Gasteiger charge is 2.23. The standard InChI is InChI=1S/C25H23NO7/c27-24(28)20-12-22-23(33-16-32-22)13-21(20)30-15-19(11-17-7-3-1-4-8-17)26-25(29)31-14-18-9-5-2-6-10-18/h1-10,12-13,19H,11,14-16H2,(H,26,29)(H,27,28)/t19-/m1/s1. The molecule has 1 amide bonds. The highest BCUT2D eigenvalue weighted by atomic mass is 16.7. The molecule has 0 saturated heterocycles. The Morgan fingerprint density at radius 1 is 0.939 bits per heavy atom. The van der Waals surface area contributed by atoms with E-state index in [4.69, 9.17) is 18.9 Å². The van der Waals surface area contributed by atoms with E-state index >= 15 is 0 Å². The summed E-state index contributed by atoms with van der Waals surface area (Å²) < 4.78 is 21.7. The third kappa shape index (κ3) is 5.94. The van der Waals surface area contributed by atoms with Gasteiger partial charge in [-0.1, -0.05) is 60.7 Å². The van der Waals surface area contributed by atoms with Crippen LogP contribution in [0.4, 0.5) is 4.79 Å². The normalized spacial score (nSPS) is 12.6. The Bertz CT molecular complexity index is 1100. The second-order valence-corrected chi connectivity index (χ2v) is 7.41. The molecule has 8 nitrogen and oxygen atoms in total. The Morgan fingerprint density at radius 2 is 1.58 bits per heavy atom. The van der Waals surface area contributed by atoms with Crippen LogP contribution < -0.4 is 19.5 Å². The van der Waals surface area contributed by atoms with E-state index in [1.54, 1.807) is 0 Å². The van der Waals surface area contributed by atoms with E-state index in [9.17, 15) is 14.7 Å². The molecule has 1 aliphatic rings. The Labute approximate surface area is 190 Å². The minimum atomic E-state index is -1.15. The second-order valence-electron chi connectivity index (χ2n) is 7.41. The summed E-state index contributed by atoms with van der Waals surface area (Å²) in [6.07, 6.45) is -0.124. The van der Waals surface area contributed by atoms with Gasteiger partial charge in [0.2, 0.25) is 6.79 Å². The maximum atomic E-state index is 12.4. The lowest BCUT2D eigenvalue weighted by Crippen LogP contribution is -2.41. The van der Waals surface area contributed by atoms with Crippen LogP contribution >= 0.6 is 0 Å². The van der Waals surface area contributed by atoms with Crippen LogP contribution in [-0.4, -0.2) is 36.6 Å². The zero-order chi connectivity index (χ0) is 23.0. The lowest BCUT2D eigenvalue weighted by molar-refractivity contribution is 0.0690. The van der Waals surface area contributed by atoms with Crippen LogP contribution in [0, 0.1) is 0 Å². The van der Waals surface area contributed by atoms with Crippen molar-refractivity contribution in [2.24, 2.45) is 0 Å². The highest BCUT2D eigenvalue weighted by molar-refractivity contribution is 5.92. The predicted octanol–water partition coefficient (Wildman–Crippen LogP) is 4.03. The lowest BCUT2D eigenvalue weighted by atomic mass is 10.1. The number of alkyl carbamates (subject to hydrolysis) is 1. The number of carbonyl (C=O) groups excluding carboxylic acids is 1. The molecule has 0 bridgehead atoms. The number of amides is 1. The van der Waals surface area contributed by atoms with Gasteiger partial charge in [-0.25, -0.2) is 9.59 Å². The van der Waals surface area contributed by atoms with Crippen molar-refractivity contribution in [1.29, 1.82) is 0 Å². The molecular weight excluding hydrogens is 426 g/mol. The van der Waals surface area contributed by atoms with E-state index in [2.05, 4.69) is 5.32 Å². The molecule has 170 valence electrons. The zero-order valence-corrected chi connectivity index (χ0v) is 17.7. The van der Waals surface area contributed by atoms with E-state index in [1.807, 2.05) is 60.7 Å². The van der Waals surface area contributed by atoms with E-state index in [-0.39, 0.29) is 31.3 Å². The molecule has 0 saturated carbocycles. The fourth-order valence-electron chi connectivity index (χ4n) is 3.38. The molecule has 4 rings (SSSR count). The van der Waals surface area contributed by atoms with Crippen molar-refractivity contribution < 1.29 is 33.6 Å². The van der Waals surface area contributed by atoms with Crippen molar-refractivity contribution >= 4 is 12.1 Å². The van der Waals surface area contributed by atoms with Crippen LogP contribution in [0.1, 0.15) is 21.5 Å². The molecule has 0 aromatic heterocycles. The number of fused-ring (bicyclic) bond motifs is 1. The van der Waals surface area contributed by atoms with Crippen LogP contribution in [-0.2, 0) is 17.8 Å². The van der Waals surface area contributed by atoms with Crippen LogP contribution in [0.3, 0.4) is 0 Å². The van der Waals surface area contributed by atoms with Crippen molar-refractivity contribution in [3.05, 3.63) is 89.5 Å². The number of carboxylic acids is 1. The monoisotopic (exact) mass is 449 g/mol. The summed E-state index contributed by atoms with van der Waals surface area (Å²) >= 11 is 0. The molecule has 33 heavy (non-hydrogen) atoms. The van der Waals surface area contributed by atoms with Crippen molar-refractivity contribution in [3.63, 3.8) is 0 Å². The zero-order valence-electron chi connectivity index (χ0n) is 17.7. The first-order valence-corrected chi connectivity index (χ1v) is 10.4. The van der Waals surface area contributed by atoms with Crippen molar-refractivity contribution in [2.45, 2.75) is 19.1 Å². The quantitative estimate of drug-likeness (QED) is 0.508. The Balaban J connectivity index is 1.45. The molecular formula is C25H23NO7. The summed E-state index contributed by atoms with van der Waals surface area (Å²) in [6, 6.07) is 21.3. The molecule has 3 aromatic rings. The van der Waals surface area contributed by atoms with E-state index in [0.717, 1.165) is 11.1 Å². The number of hydrogen-bond donors (Lipinski definition) is 2. The molecule has 0 aliphatic carbocycles. The molecule has 1 atom stereocenters. The van der Waals surface area contributed by atoms with E-state index < -0.39 is 18.1 Å². The van der Waals surface area contributed by atoms with E-state index in [0.29, 0.717) is 17.9 Å². The maximum absolute atomic E-state index is 12.4. The summed E-state index contributed by atoms with van der Waals surface area (Å²) in [5.41, 5.74) is 1.80. The molecule has 8 heteroatoms. The first-order valence-electron chi connectivity index (χ1n) is 10.4. The van der Waals surface area contributed by atoms with Crippen molar-refractivity contribution in [1.82, 2.24) is 5.32 Å². The molecule has 3 aromatic carbocycles. The third-order valence-electron chi connectivity index (χ3n) is 5.00. The Kier molecular flexibility index (Phi) is 6.94. The molecule has 0 fully saturated rings. The highest BCUT2D eigenvalue weighted by Crippen LogP contribution is 2.38. The van der Waals surface area contributed by atoms with Crippen molar-refractivity contribution in [3.8, 4) is 17.2 Å². The summed E-state index contributed by atoms with van der Waals surface area (Å²) in [5.74, 6) is -0.268. The number of aromatic carboxylic acids is 1. The van der Waals surface area contributed by atoms with Gasteiger partial charge in [-0.2, -0.15) is 0 Å². The number of rotatable bonds is 9. The number of hydrogen-bond acceptors (Lipinski definition) is 6. The summed E-state index contributed by atoms with van der Waals surface area (Å²) in [4.78, 5) is 24.1. The van der Waals surface area contributed by atoms with E-state index in [1.165, 1.54) is 12.1 Å². The Morgan fingerprint density at radius 3 is 2.24 bits per heavy atom. The van der Waals surface area contributed by atoms with Gasteiger partial charge in [-0.15, -0.1) is 0 Å². The number of benzene rings is 3. The van der Waals surface area contributed by atoms with Gasteiger partial charge in [0, 0.05) is 12.1 Å². The average Bonchev–Trinajstić information content (AvgIpc) is 3.29. The number of ether oxygens (including phenoxy) is 4. The summed E-state index contributed by atoms with van der Waals surface area (Å²) in [5, 5.41) is 12.4. The minimum absolute atomic E-state index is 0.0172. The first-order chi connectivity index (χ1) is 16.1. The summed E-state index contributed by atoms with van der Waals surface area (Å²) in [7, 11) is 0. The van der Waals surface area contributed by atoms with Crippen molar-refractivity contribution in [2.75, 3.05) is 13.4 Å². The second kappa shape index (κ2) is 10.4. The van der Waals surface area contributed by atoms with Gasteiger partial charge in [-0.05, 0) is 17.5 Å². The number of carboxylic acid groups (broad SMARTS) is 1. The van der Waals surface area contributed by atoms with Crippen LogP contribution in [0.15, 0.2) is 72.8 Å². The topological polar surface area (TPSA) is 103 Å². The third-order valence-corrected chi connectivity index (χ3v) is 5.00. The maximum Gasteiger partial charge on any atom is 0.407 e. The van der Waals surface area contributed by atoms with Gasteiger partial charge in [0.05, 0.1) is 6.04 Å². The van der Waals surface area contributed by atoms with Crippen LogP contribution in [0.2, 0.25) is 0 Å². The smallest absolute Gasteiger partial charge is 0.407 e. The predicted molar refractivity (Wildman–Crippen MR) is 119 cm³/mol. The van der Waals surface area contributed by atoms with Gasteiger partial charge in [-0.3, -0.25) is 0 Å². The lowest BCUT2D eigenvalue weighted by Gasteiger charge is -2.20. The van der Waals surface area contributed by atoms with Gasteiger partial charge < -0.3 is 29.4 Å². The fraction of sp³-hybridized carbons (Fsp3) is 0.200. The first kappa shape index (κ1) is 22.0. The molecule has 1 aliphatic heterocycles. The van der Waals surface area contributed by atoms with Crippen LogP contribution in [0.5, 0.6) is 17.2 Å².